The summed E-state index contributed by atoms with van der Waals surface area (Å²) >= 11 is 0. The number of ether oxygens (including phenoxy) is 1. The molecule has 1 aliphatic heterocycles. The highest BCUT2D eigenvalue weighted by Gasteiger charge is 2.18. The third kappa shape index (κ3) is 2.57. The van der Waals surface area contributed by atoms with E-state index in [1.54, 1.807) is 7.11 Å². The second-order valence-electron chi connectivity index (χ2n) is 4.85. The summed E-state index contributed by atoms with van der Waals surface area (Å²) < 4.78 is 10.7. The van der Waals surface area contributed by atoms with Crippen LogP contribution >= 0.6 is 0 Å². The number of nitrogens with zero attached hydrogens (tertiary/aromatic N) is 1. The van der Waals surface area contributed by atoms with Gasteiger partial charge in [-0.1, -0.05) is 17.3 Å². The van der Waals surface area contributed by atoms with E-state index in [0.717, 1.165) is 36.7 Å². The molecule has 0 saturated heterocycles. The number of hydrogen-bond acceptors (Lipinski definition) is 4. The van der Waals surface area contributed by atoms with Crippen LogP contribution in [-0.4, -0.2) is 18.8 Å². The van der Waals surface area contributed by atoms with Crippen molar-refractivity contribution in [2.75, 3.05) is 19.0 Å². The van der Waals surface area contributed by atoms with Gasteiger partial charge in [0.15, 0.2) is 0 Å². The molecule has 0 unspecified atom stereocenters. The van der Waals surface area contributed by atoms with E-state index in [0.29, 0.717) is 0 Å². The van der Waals surface area contributed by atoms with Crippen molar-refractivity contribution in [1.29, 1.82) is 0 Å². The van der Waals surface area contributed by atoms with Gasteiger partial charge in [0.1, 0.15) is 5.75 Å². The third-order valence-corrected chi connectivity index (χ3v) is 3.51. The highest BCUT2D eigenvalue weighted by atomic mass is 16.5. The molecule has 1 aliphatic rings. The van der Waals surface area contributed by atoms with E-state index in [1.807, 2.05) is 18.2 Å². The molecule has 0 spiro atoms. The molecule has 2 heterocycles. The van der Waals surface area contributed by atoms with Gasteiger partial charge in [0, 0.05) is 18.5 Å². The Kier molecular flexibility index (Phi) is 3.40. The lowest BCUT2D eigenvalue weighted by molar-refractivity contribution is 0.414. The van der Waals surface area contributed by atoms with E-state index in [1.165, 1.54) is 24.0 Å². The molecule has 0 aliphatic carbocycles. The van der Waals surface area contributed by atoms with Crippen LogP contribution in [0.15, 0.2) is 28.8 Å². The first-order valence-electron chi connectivity index (χ1n) is 6.71. The van der Waals surface area contributed by atoms with E-state index in [9.17, 15) is 0 Å². The van der Waals surface area contributed by atoms with Crippen molar-refractivity contribution in [3.05, 3.63) is 41.1 Å². The summed E-state index contributed by atoms with van der Waals surface area (Å²) in [5.74, 6) is 1.74. The van der Waals surface area contributed by atoms with Crippen molar-refractivity contribution in [1.82, 2.24) is 5.16 Å². The van der Waals surface area contributed by atoms with Crippen molar-refractivity contribution < 1.29 is 9.26 Å². The van der Waals surface area contributed by atoms with E-state index >= 15 is 0 Å². The zero-order chi connectivity index (χ0) is 13.1. The molecule has 0 saturated carbocycles. The van der Waals surface area contributed by atoms with Gasteiger partial charge in [0.25, 0.3) is 0 Å². The number of methoxy groups -OCH3 is 1. The second kappa shape index (κ2) is 5.34. The maximum Gasteiger partial charge on any atom is 0.228 e. The smallest absolute Gasteiger partial charge is 0.228 e. The van der Waals surface area contributed by atoms with Crippen LogP contribution in [-0.2, 0) is 12.8 Å². The van der Waals surface area contributed by atoms with Crippen LogP contribution in [0.2, 0.25) is 0 Å². The van der Waals surface area contributed by atoms with Crippen molar-refractivity contribution in [3.63, 3.8) is 0 Å². The Morgan fingerprint density at radius 2 is 2.32 bits per heavy atom. The number of benzene rings is 1. The van der Waals surface area contributed by atoms with Crippen LogP contribution < -0.4 is 10.1 Å². The standard InChI is InChI=1S/C15H18N2O2/c1-18-12-6-4-5-11(9-12)10-14-13-7-2-3-8-16-15(13)19-17-14/h4-6,9,16H,2-3,7-8,10H2,1H3. The van der Waals surface area contributed by atoms with Gasteiger partial charge in [-0.3, -0.25) is 0 Å². The molecular formula is C15H18N2O2. The van der Waals surface area contributed by atoms with Gasteiger partial charge in [-0.25, -0.2) is 0 Å². The lowest BCUT2D eigenvalue weighted by Crippen LogP contribution is -1.97. The van der Waals surface area contributed by atoms with Crippen LogP contribution in [0.1, 0.15) is 29.7 Å². The summed E-state index contributed by atoms with van der Waals surface area (Å²) in [6.45, 7) is 0.973. The van der Waals surface area contributed by atoms with Crippen molar-refractivity contribution in [2.45, 2.75) is 25.7 Å². The third-order valence-electron chi connectivity index (χ3n) is 3.51. The largest absolute Gasteiger partial charge is 0.497 e. The number of nitrogens with one attached hydrogen (secondary N) is 1. The molecule has 2 aromatic rings. The van der Waals surface area contributed by atoms with E-state index < -0.39 is 0 Å². The molecule has 0 atom stereocenters. The van der Waals surface area contributed by atoms with Gasteiger partial charge in [0.05, 0.1) is 12.8 Å². The van der Waals surface area contributed by atoms with Gasteiger partial charge in [0.2, 0.25) is 5.88 Å². The summed E-state index contributed by atoms with van der Waals surface area (Å²) in [6.07, 6.45) is 4.21. The number of anilines is 1. The van der Waals surface area contributed by atoms with E-state index in [2.05, 4.69) is 16.5 Å². The Hall–Kier alpha value is -1.97. The van der Waals surface area contributed by atoms with Crippen LogP contribution in [0.5, 0.6) is 5.75 Å². The fraction of sp³-hybridized carbons (Fsp3) is 0.400. The molecule has 4 nitrogen and oxygen atoms in total. The average Bonchev–Trinajstić information content (AvgIpc) is 2.68. The Morgan fingerprint density at radius 3 is 3.21 bits per heavy atom. The summed E-state index contributed by atoms with van der Waals surface area (Å²) in [5.41, 5.74) is 3.47. The highest BCUT2D eigenvalue weighted by Crippen LogP contribution is 2.27. The lowest BCUT2D eigenvalue weighted by Gasteiger charge is -2.04. The normalized spacial score (nSPS) is 14.4. The summed E-state index contributed by atoms with van der Waals surface area (Å²) in [6, 6.07) is 8.10. The second-order valence-corrected chi connectivity index (χ2v) is 4.85. The molecular weight excluding hydrogens is 240 g/mol. The number of fused-ring (bicyclic) bond motifs is 1. The predicted molar refractivity (Wildman–Crippen MR) is 73.7 cm³/mol. The molecule has 0 bridgehead atoms. The first-order valence-corrected chi connectivity index (χ1v) is 6.71. The fourth-order valence-corrected chi connectivity index (χ4v) is 2.48. The van der Waals surface area contributed by atoms with Gasteiger partial charge in [-0.2, -0.15) is 0 Å². The van der Waals surface area contributed by atoms with Crippen LogP contribution in [0.3, 0.4) is 0 Å². The predicted octanol–water partition coefficient (Wildman–Crippen LogP) is 3.02. The Morgan fingerprint density at radius 1 is 1.37 bits per heavy atom. The quantitative estimate of drug-likeness (QED) is 0.919. The van der Waals surface area contributed by atoms with Gasteiger partial charge in [-0.05, 0) is 37.0 Å². The first kappa shape index (κ1) is 12.1. The topological polar surface area (TPSA) is 47.3 Å². The maximum atomic E-state index is 5.40. The zero-order valence-electron chi connectivity index (χ0n) is 11.1. The molecule has 4 heteroatoms. The summed E-state index contributed by atoms with van der Waals surface area (Å²) in [7, 11) is 1.69. The number of rotatable bonds is 3. The number of hydrogen-bond donors (Lipinski definition) is 1. The zero-order valence-corrected chi connectivity index (χ0v) is 11.1. The first-order chi connectivity index (χ1) is 9.36. The number of aromatic nitrogens is 1. The van der Waals surface area contributed by atoms with Crippen molar-refractivity contribution >= 4 is 5.88 Å². The molecule has 1 N–H and O–H groups in total. The Balaban J connectivity index is 1.84. The maximum absolute atomic E-state index is 5.40. The minimum Gasteiger partial charge on any atom is -0.497 e. The van der Waals surface area contributed by atoms with Crippen LogP contribution in [0.4, 0.5) is 5.88 Å². The highest BCUT2D eigenvalue weighted by molar-refractivity contribution is 5.46. The van der Waals surface area contributed by atoms with Crippen molar-refractivity contribution in [3.8, 4) is 5.75 Å². The fourth-order valence-electron chi connectivity index (χ4n) is 2.48. The van der Waals surface area contributed by atoms with Crippen molar-refractivity contribution in [2.24, 2.45) is 0 Å². The molecule has 19 heavy (non-hydrogen) atoms. The molecule has 1 aromatic carbocycles. The monoisotopic (exact) mass is 258 g/mol. The SMILES string of the molecule is COc1cccc(Cc2noc3c2CCCCN3)c1. The van der Waals surface area contributed by atoms with Gasteiger partial charge < -0.3 is 14.6 Å². The molecule has 100 valence electrons. The van der Waals surface area contributed by atoms with E-state index in [4.69, 9.17) is 9.26 Å². The van der Waals surface area contributed by atoms with E-state index in [-0.39, 0.29) is 0 Å². The average molecular weight is 258 g/mol. The molecule has 0 radical (unpaired) electrons. The van der Waals surface area contributed by atoms with Gasteiger partial charge in [-0.15, -0.1) is 0 Å². The Bertz CT molecular complexity index is 563. The van der Waals surface area contributed by atoms with Crippen LogP contribution in [0.25, 0.3) is 0 Å². The Labute approximate surface area is 112 Å². The molecule has 3 rings (SSSR count). The molecule has 0 fully saturated rings. The van der Waals surface area contributed by atoms with Gasteiger partial charge >= 0.3 is 0 Å². The van der Waals surface area contributed by atoms with Crippen LogP contribution in [0, 0.1) is 0 Å². The summed E-state index contributed by atoms with van der Waals surface area (Å²) in [5, 5.41) is 7.51. The minimum atomic E-state index is 0.789. The molecule has 0 amide bonds. The lowest BCUT2D eigenvalue weighted by atomic mass is 10.0. The minimum absolute atomic E-state index is 0.789. The molecule has 1 aromatic heterocycles. The summed E-state index contributed by atoms with van der Waals surface area (Å²) in [4.78, 5) is 0.